The number of nitrogens with one attached hydrogen (secondary N) is 1. The second kappa shape index (κ2) is 6.13. The molecule has 2 aromatic carbocycles. The lowest BCUT2D eigenvalue weighted by Crippen LogP contribution is -2.17. The van der Waals surface area contributed by atoms with Crippen LogP contribution in [0.5, 0.6) is 0 Å². The maximum atomic E-state index is 13.6. The van der Waals surface area contributed by atoms with Gasteiger partial charge in [-0.25, -0.2) is 12.8 Å². The van der Waals surface area contributed by atoms with E-state index in [0.717, 1.165) is 6.07 Å². The Bertz CT molecular complexity index is 779. The normalized spacial score (nSPS) is 11.4. The Labute approximate surface area is 131 Å². The molecule has 4 nitrogen and oxygen atoms in total. The van der Waals surface area contributed by atoms with E-state index in [0.29, 0.717) is 11.1 Å². The zero-order valence-electron chi connectivity index (χ0n) is 11.2. The van der Waals surface area contributed by atoms with Crippen molar-refractivity contribution in [2.24, 2.45) is 5.73 Å². The molecule has 0 aliphatic heterocycles. The predicted octanol–water partition coefficient (Wildman–Crippen LogP) is 3.16. The molecule has 0 bridgehead atoms. The molecular weight excluding hydrogens is 359 g/mol. The van der Waals surface area contributed by atoms with Gasteiger partial charge in [-0.15, -0.1) is 0 Å². The quantitative estimate of drug-likeness (QED) is 0.865. The van der Waals surface area contributed by atoms with E-state index >= 15 is 0 Å². The van der Waals surface area contributed by atoms with Gasteiger partial charge in [0.25, 0.3) is 10.0 Å². The molecule has 2 rings (SSSR count). The fourth-order valence-electron chi connectivity index (χ4n) is 1.89. The Morgan fingerprint density at radius 2 is 1.95 bits per heavy atom. The third kappa shape index (κ3) is 3.42. The molecule has 0 saturated carbocycles. The average Bonchev–Trinajstić information content (AvgIpc) is 2.44. The predicted molar refractivity (Wildman–Crippen MR) is 84.0 cm³/mol. The minimum absolute atomic E-state index is 0.0928. The summed E-state index contributed by atoms with van der Waals surface area (Å²) in [6.07, 6.45) is 0. The van der Waals surface area contributed by atoms with Gasteiger partial charge in [-0.2, -0.15) is 0 Å². The van der Waals surface area contributed by atoms with E-state index < -0.39 is 15.8 Å². The van der Waals surface area contributed by atoms with Crippen molar-refractivity contribution < 1.29 is 12.8 Å². The van der Waals surface area contributed by atoms with Gasteiger partial charge in [0.05, 0.1) is 15.1 Å². The van der Waals surface area contributed by atoms with E-state index in [1.165, 1.54) is 12.1 Å². The lowest BCUT2D eigenvalue weighted by molar-refractivity contribution is 0.599. The van der Waals surface area contributed by atoms with Crippen molar-refractivity contribution in [3.05, 3.63) is 57.8 Å². The molecule has 0 radical (unpaired) electrons. The number of nitrogens with two attached hydrogens (primary N) is 1. The van der Waals surface area contributed by atoms with E-state index in [-0.39, 0.29) is 21.6 Å². The second-order valence-electron chi connectivity index (χ2n) is 4.50. The summed E-state index contributed by atoms with van der Waals surface area (Å²) < 4.78 is 41.1. The number of halogens is 2. The number of anilines is 1. The van der Waals surface area contributed by atoms with E-state index in [1.807, 2.05) is 0 Å². The fraction of sp³-hybridized carbons (Fsp3) is 0.143. The molecule has 0 fully saturated rings. The Kier molecular flexibility index (Phi) is 4.65. The zero-order chi connectivity index (χ0) is 15.6. The molecule has 0 unspecified atom stereocenters. The summed E-state index contributed by atoms with van der Waals surface area (Å²) in [6.45, 7) is 1.79. The highest BCUT2D eigenvalue weighted by Gasteiger charge is 2.19. The highest BCUT2D eigenvalue weighted by molar-refractivity contribution is 9.10. The fourth-order valence-corrected chi connectivity index (χ4v) is 3.72. The van der Waals surface area contributed by atoms with Gasteiger partial charge in [0.1, 0.15) is 5.82 Å². The largest absolute Gasteiger partial charge is 0.326 e. The summed E-state index contributed by atoms with van der Waals surface area (Å²) in [5, 5.41) is 0. The first-order valence-electron chi connectivity index (χ1n) is 6.11. The number of benzene rings is 2. The smallest absolute Gasteiger partial charge is 0.262 e. The van der Waals surface area contributed by atoms with Crippen molar-refractivity contribution >= 4 is 31.6 Å². The summed E-state index contributed by atoms with van der Waals surface area (Å²) in [6, 6.07) is 9.09. The Balaban J connectivity index is 2.45. The zero-order valence-corrected chi connectivity index (χ0v) is 13.6. The van der Waals surface area contributed by atoms with Crippen LogP contribution in [-0.4, -0.2) is 8.42 Å². The van der Waals surface area contributed by atoms with Crippen LogP contribution >= 0.6 is 15.9 Å². The standard InChI is InChI=1S/C14H14BrFN2O2S/c1-9-6-11(15)12(16)7-13(9)18-21(19,20)14-5-3-2-4-10(14)8-17/h2-7,18H,8,17H2,1H3. The third-order valence-electron chi connectivity index (χ3n) is 2.99. The molecular formula is C14H14BrFN2O2S. The van der Waals surface area contributed by atoms with E-state index in [4.69, 9.17) is 5.73 Å². The van der Waals surface area contributed by atoms with Crippen molar-refractivity contribution in [1.82, 2.24) is 0 Å². The molecule has 3 N–H and O–H groups in total. The summed E-state index contributed by atoms with van der Waals surface area (Å²) >= 11 is 3.06. The molecule has 2 aromatic rings. The minimum atomic E-state index is -3.82. The van der Waals surface area contributed by atoms with Crippen molar-refractivity contribution in [3.8, 4) is 0 Å². The molecule has 0 aliphatic carbocycles. The number of hydrogen-bond acceptors (Lipinski definition) is 3. The monoisotopic (exact) mass is 372 g/mol. The van der Waals surface area contributed by atoms with Gasteiger partial charge in [-0.05, 0) is 52.2 Å². The highest BCUT2D eigenvalue weighted by Crippen LogP contribution is 2.26. The van der Waals surface area contributed by atoms with E-state index in [2.05, 4.69) is 20.7 Å². The van der Waals surface area contributed by atoms with Crippen LogP contribution in [0.1, 0.15) is 11.1 Å². The van der Waals surface area contributed by atoms with Crippen molar-refractivity contribution in [2.75, 3.05) is 4.72 Å². The summed E-state index contributed by atoms with van der Waals surface area (Å²) in [7, 11) is -3.82. The number of rotatable bonds is 4. The van der Waals surface area contributed by atoms with E-state index in [9.17, 15) is 12.8 Å². The van der Waals surface area contributed by atoms with Gasteiger partial charge in [0.15, 0.2) is 0 Å². The van der Waals surface area contributed by atoms with Gasteiger partial charge in [0, 0.05) is 6.54 Å². The third-order valence-corrected chi connectivity index (χ3v) is 5.07. The molecule has 0 amide bonds. The maximum Gasteiger partial charge on any atom is 0.262 e. The number of hydrogen-bond donors (Lipinski definition) is 2. The first-order valence-corrected chi connectivity index (χ1v) is 8.39. The number of sulfonamides is 1. The first-order chi connectivity index (χ1) is 9.85. The molecule has 0 spiro atoms. The SMILES string of the molecule is Cc1cc(Br)c(F)cc1NS(=O)(=O)c1ccccc1CN. The second-order valence-corrected chi connectivity index (χ2v) is 7.00. The first kappa shape index (κ1) is 15.9. The Morgan fingerprint density at radius 3 is 2.62 bits per heavy atom. The van der Waals surface area contributed by atoms with Crippen LogP contribution in [0.4, 0.5) is 10.1 Å². The maximum absolute atomic E-state index is 13.6. The van der Waals surface area contributed by atoms with E-state index in [1.54, 1.807) is 25.1 Å². The molecule has 0 heterocycles. The van der Waals surface area contributed by atoms with Gasteiger partial charge < -0.3 is 5.73 Å². The topological polar surface area (TPSA) is 72.2 Å². The highest BCUT2D eigenvalue weighted by atomic mass is 79.9. The average molecular weight is 373 g/mol. The van der Waals surface area contributed by atoms with Gasteiger partial charge >= 0.3 is 0 Å². The van der Waals surface area contributed by atoms with Crippen molar-refractivity contribution in [2.45, 2.75) is 18.4 Å². The molecule has 0 aromatic heterocycles. The van der Waals surface area contributed by atoms with Crippen LogP contribution in [0.2, 0.25) is 0 Å². The lowest BCUT2D eigenvalue weighted by atomic mass is 10.2. The van der Waals surface area contributed by atoms with Crippen LogP contribution in [0.15, 0.2) is 45.8 Å². The minimum Gasteiger partial charge on any atom is -0.326 e. The van der Waals surface area contributed by atoms with Crippen molar-refractivity contribution in [3.63, 3.8) is 0 Å². The van der Waals surface area contributed by atoms with Gasteiger partial charge in [-0.1, -0.05) is 18.2 Å². The molecule has 0 saturated heterocycles. The molecule has 0 atom stereocenters. The van der Waals surface area contributed by atoms with Gasteiger partial charge in [0.2, 0.25) is 0 Å². The lowest BCUT2D eigenvalue weighted by Gasteiger charge is -2.13. The molecule has 112 valence electrons. The molecule has 0 aliphatic rings. The van der Waals surface area contributed by atoms with Crippen LogP contribution in [-0.2, 0) is 16.6 Å². The number of aryl methyl sites for hydroxylation is 1. The Morgan fingerprint density at radius 1 is 1.29 bits per heavy atom. The molecule has 7 heteroatoms. The summed E-state index contributed by atoms with van der Waals surface area (Å²) in [5.74, 6) is -0.537. The van der Waals surface area contributed by atoms with Crippen LogP contribution in [0, 0.1) is 12.7 Å². The molecule has 21 heavy (non-hydrogen) atoms. The van der Waals surface area contributed by atoms with Crippen LogP contribution in [0.25, 0.3) is 0 Å². The van der Waals surface area contributed by atoms with Crippen LogP contribution < -0.4 is 10.5 Å². The van der Waals surface area contributed by atoms with Gasteiger partial charge in [-0.3, -0.25) is 4.72 Å². The van der Waals surface area contributed by atoms with Crippen molar-refractivity contribution in [1.29, 1.82) is 0 Å². The van der Waals surface area contributed by atoms with Crippen LogP contribution in [0.3, 0.4) is 0 Å². The summed E-state index contributed by atoms with van der Waals surface area (Å²) in [4.78, 5) is 0.0928. The summed E-state index contributed by atoms with van der Waals surface area (Å²) in [5.41, 5.74) is 6.86. The Hall–Kier alpha value is -1.44.